The third kappa shape index (κ3) is 4.81. The summed E-state index contributed by atoms with van der Waals surface area (Å²) in [5.74, 6) is -2.53. The van der Waals surface area contributed by atoms with Crippen LogP contribution in [0.2, 0.25) is 0 Å². The lowest BCUT2D eigenvalue weighted by Crippen LogP contribution is -2.29. The molecule has 0 saturated carbocycles. The number of carbonyl (C=O) groups excluding carboxylic acids is 1. The lowest BCUT2D eigenvalue weighted by molar-refractivity contribution is -0.384. The summed E-state index contributed by atoms with van der Waals surface area (Å²) in [7, 11) is -3.26. The first-order valence-electron chi connectivity index (χ1n) is 6.17. The molecule has 0 aliphatic heterocycles. The zero-order valence-electron chi connectivity index (χ0n) is 11.6. The van der Waals surface area contributed by atoms with Crippen molar-refractivity contribution in [2.24, 2.45) is 0 Å². The molecule has 1 aromatic carbocycles. The number of rotatable bonds is 7. The van der Waals surface area contributed by atoms with Crippen molar-refractivity contribution >= 4 is 27.4 Å². The summed E-state index contributed by atoms with van der Waals surface area (Å²) >= 11 is 0. The van der Waals surface area contributed by atoms with Gasteiger partial charge in [-0.15, -0.1) is 0 Å². The molecule has 9 nitrogen and oxygen atoms in total. The third-order valence-electron chi connectivity index (χ3n) is 2.78. The predicted molar refractivity (Wildman–Crippen MR) is 76.7 cm³/mol. The number of hydrogen-bond acceptors (Lipinski definition) is 6. The molecule has 0 aromatic heterocycles. The van der Waals surface area contributed by atoms with Crippen molar-refractivity contribution in [1.29, 1.82) is 0 Å². The van der Waals surface area contributed by atoms with Gasteiger partial charge < -0.3 is 10.4 Å². The molecule has 0 atom stereocenters. The molecule has 120 valence electrons. The minimum atomic E-state index is -3.26. The fourth-order valence-corrected chi connectivity index (χ4v) is 2.24. The number of carboxylic acid groups (broad SMARTS) is 1. The minimum Gasteiger partial charge on any atom is -0.478 e. The van der Waals surface area contributed by atoms with E-state index in [0.717, 1.165) is 18.2 Å². The Labute approximate surface area is 126 Å². The van der Waals surface area contributed by atoms with E-state index in [9.17, 15) is 28.1 Å². The standard InChI is InChI=1S/C12H14N2O7S/c1-2-22(20,21)4-3-13-11(15)8-5-9(12(16)17)7-10(6-8)14(18)19/h5-7H,2-4H2,1H3,(H,13,15)(H,16,17). The van der Waals surface area contributed by atoms with Crippen molar-refractivity contribution in [3.05, 3.63) is 39.4 Å². The summed E-state index contributed by atoms with van der Waals surface area (Å²) in [5.41, 5.74) is -1.16. The Hall–Kier alpha value is -2.49. The topological polar surface area (TPSA) is 144 Å². The van der Waals surface area contributed by atoms with Gasteiger partial charge in [-0.1, -0.05) is 6.92 Å². The first-order chi connectivity index (χ1) is 10.2. The highest BCUT2D eigenvalue weighted by atomic mass is 32.2. The number of nitrogens with zero attached hydrogens (tertiary/aromatic N) is 1. The van der Waals surface area contributed by atoms with Crippen LogP contribution in [0.1, 0.15) is 27.6 Å². The molecule has 1 aromatic rings. The van der Waals surface area contributed by atoms with Crippen molar-refractivity contribution in [3.63, 3.8) is 0 Å². The van der Waals surface area contributed by atoms with E-state index in [2.05, 4.69) is 5.32 Å². The second-order valence-corrected chi connectivity index (χ2v) is 6.80. The Morgan fingerprint density at radius 2 is 1.86 bits per heavy atom. The van der Waals surface area contributed by atoms with Crippen LogP contribution in [-0.2, 0) is 9.84 Å². The quantitative estimate of drug-likeness (QED) is 0.545. The first-order valence-corrected chi connectivity index (χ1v) is 8.00. The number of sulfone groups is 1. The summed E-state index contributed by atoms with van der Waals surface area (Å²) in [6.45, 7) is 1.30. The van der Waals surface area contributed by atoms with Crippen LogP contribution in [0, 0.1) is 10.1 Å². The van der Waals surface area contributed by atoms with Gasteiger partial charge in [-0.25, -0.2) is 13.2 Å². The van der Waals surface area contributed by atoms with E-state index in [1.54, 1.807) is 0 Å². The normalized spacial score (nSPS) is 11.0. The van der Waals surface area contributed by atoms with Crippen LogP contribution in [0.15, 0.2) is 18.2 Å². The minimum absolute atomic E-state index is 0.0666. The lowest BCUT2D eigenvalue weighted by Gasteiger charge is -2.06. The molecule has 1 amide bonds. The summed E-state index contributed by atoms with van der Waals surface area (Å²) in [4.78, 5) is 32.7. The fraction of sp³-hybridized carbons (Fsp3) is 0.333. The van der Waals surface area contributed by atoms with Gasteiger partial charge in [0.25, 0.3) is 11.6 Å². The van der Waals surface area contributed by atoms with Crippen LogP contribution < -0.4 is 5.32 Å². The van der Waals surface area contributed by atoms with Gasteiger partial charge in [-0.05, 0) is 6.07 Å². The number of benzene rings is 1. The smallest absolute Gasteiger partial charge is 0.335 e. The Morgan fingerprint density at radius 3 is 2.36 bits per heavy atom. The average molecular weight is 330 g/mol. The molecule has 0 aliphatic carbocycles. The highest BCUT2D eigenvalue weighted by Gasteiger charge is 2.18. The molecular formula is C12H14N2O7S. The molecule has 0 unspecified atom stereocenters. The Balaban J connectivity index is 2.93. The van der Waals surface area contributed by atoms with Gasteiger partial charge in [0.2, 0.25) is 0 Å². The van der Waals surface area contributed by atoms with Crippen LogP contribution in [0.3, 0.4) is 0 Å². The van der Waals surface area contributed by atoms with E-state index in [4.69, 9.17) is 5.11 Å². The highest BCUT2D eigenvalue weighted by Crippen LogP contribution is 2.17. The van der Waals surface area contributed by atoms with Crippen LogP contribution in [0.25, 0.3) is 0 Å². The molecule has 22 heavy (non-hydrogen) atoms. The molecule has 1 rings (SSSR count). The predicted octanol–water partition coefficient (Wildman–Crippen LogP) is 0.458. The third-order valence-corrected chi connectivity index (χ3v) is 4.48. The number of nitrogens with one attached hydrogen (secondary N) is 1. The number of non-ortho nitro benzene ring substituents is 1. The van der Waals surface area contributed by atoms with E-state index in [0.29, 0.717) is 0 Å². The molecule has 10 heteroatoms. The Bertz CT molecular complexity index is 680. The van der Waals surface area contributed by atoms with Crippen LogP contribution in [0.5, 0.6) is 0 Å². The van der Waals surface area contributed by atoms with Gasteiger partial charge in [0, 0.05) is 30.0 Å². The molecule has 0 fully saturated rings. The summed E-state index contributed by atoms with van der Waals surface area (Å²) < 4.78 is 22.6. The number of amides is 1. The van der Waals surface area contributed by atoms with Gasteiger partial charge in [-0.3, -0.25) is 14.9 Å². The largest absolute Gasteiger partial charge is 0.478 e. The summed E-state index contributed by atoms with van der Waals surface area (Å²) in [6, 6.07) is 2.75. The number of hydrogen-bond donors (Lipinski definition) is 2. The van der Waals surface area contributed by atoms with Crippen LogP contribution >= 0.6 is 0 Å². The number of nitro groups is 1. The second kappa shape index (κ2) is 6.98. The Morgan fingerprint density at radius 1 is 1.27 bits per heavy atom. The van der Waals surface area contributed by atoms with Crippen molar-refractivity contribution < 1.29 is 28.0 Å². The van der Waals surface area contributed by atoms with Gasteiger partial charge >= 0.3 is 5.97 Å². The van der Waals surface area contributed by atoms with Gasteiger partial charge in [0.1, 0.15) is 0 Å². The molecule has 0 aliphatic rings. The Kier molecular flexibility index (Phi) is 5.57. The maximum absolute atomic E-state index is 11.8. The van der Waals surface area contributed by atoms with E-state index in [1.165, 1.54) is 6.92 Å². The number of carbonyl (C=O) groups is 2. The second-order valence-electron chi connectivity index (χ2n) is 4.32. The van der Waals surface area contributed by atoms with Gasteiger partial charge in [0.05, 0.1) is 16.2 Å². The number of carboxylic acids is 1. The maximum atomic E-state index is 11.8. The lowest BCUT2D eigenvalue weighted by atomic mass is 10.1. The van der Waals surface area contributed by atoms with Gasteiger partial charge in [-0.2, -0.15) is 0 Å². The van der Waals surface area contributed by atoms with Crippen molar-refractivity contribution in [2.45, 2.75) is 6.92 Å². The van der Waals surface area contributed by atoms with Crippen molar-refractivity contribution in [3.8, 4) is 0 Å². The number of aromatic carboxylic acids is 1. The maximum Gasteiger partial charge on any atom is 0.335 e. The van der Waals surface area contributed by atoms with Crippen molar-refractivity contribution in [2.75, 3.05) is 18.1 Å². The van der Waals surface area contributed by atoms with Crippen LogP contribution in [0.4, 0.5) is 5.69 Å². The highest BCUT2D eigenvalue weighted by molar-refractivity contribution is 7.91. The van der Waals surface area contributed by atoms with E-state index in [1.807, 2.05) is 0 Å². The molecular weight excluding hydrogens is 316 g/mol. The zero-order valence-corrected chi connectivity index (χ0v) is 12.4. The van der Waals surface area contributed by atoms with Crippen LogP contribution in [-0.4, -0.2) is 48.4 Å². The first kappa shape index (κ1) is 17.6. The average Bonchev–Trinajstić information content (AvgIpc) is 2.46. The molecule has 0 bridgehead atoms. The van der Waals surface area contributed by atoms with Crippen molar-refractivity contribution in [1.82, 2.24) is 5.32 Å². The number of nitro benzene ring substituents is 1. The SMILES string of the molecule is CCS(=O)(=O)CCNC(=O)c1cc(C(=O)O)cc([N+](=O)[O-])c1. The monoisotopic (exact) mass is 330 g/mol. The molecule has 0 radical (unpaired) electrons. The molecule has 0 saturated heterocycles. The summed E-state index contributed by atoms with van der Waals surface area (Å²) in [5, 5.41) is 21.9. The van der Waals surface area contributed by atoms with E-state index < -0.39 is 37.9 Å². The van der Waals surface area contributed by atoms with Gasteiger partial charge in [0.15, 0.2) is 9.84 Å². The molecule has 0 heterocycles. The molecule has 0 spiro atoms. The summed E-state index contributed by atoms with van der Waals surface area (Å²) in [6.07, 6.45) is 0. The fourth-order valence-electron chi connectivity index (χ4n) is 1.54. The van der Waals surface area contributed by atoms with E-state index in [-0.39, 0.29) is 23.6 Å². The zero-order chi connectivity index (χ0) is 16.9. The van der Waals surface area contributed by atoms with E-state index >= 15 is 0 Å². The molecule has 2 N–H and O–H groups in total.